The summed E-state index contributed by atoms with van der Waals surface area (Å²) in [4.78, 5) is 12.6. The van der Waals surface area contributed by atoms with Crippen LogP contribution in [0.2, 0.25) is 0 Å². The summed E-state index contributed by atoms with van der Waals surface area (Å²) in [5.41, 5.74) is 2.86. The van der Waals surface area contributed by atoms with Crippen LogP contribution < -0.4 is 0 Å². The fourth-order valence-corrected chi connectivity index (χ4v) is 11.8. The Morgan fingerprint density at radius 1 is 0.429 bits per heavy atom. The molecule has 0 unspecified atom stereocenters. The molecule has 6 aromatic heterocycles. The van der Waals surface area contributed by atoms with Crippen LogP contribution >= 0.6 is 68.0 Å². The van der Waals surface area contributed by atoms with Gasteiger partial charge in [-0.15, -0.1) is 68.0 Å². The maximum absolute atomic E-state index is 2.49. The smallest absolute Gasteiger partial charge is 0.0624 e. The van der Waals surface area contributed by atoms with Gasteiger partial charge in [-0.2, -0.15) is 0 Å². The SMILES string of the molecule is Cc1ccc(-c2c(-c3ccc(C)s3)c3sc(-c4sc(C)c5cc(C)sc45)cc3c3cc(C)sc23)s1. The maximum Gasteiger partial charge on any atom is 0.0624 e. The van der Waals surface area contributed by atoms with E-state index in [1.807, 2.05) is 68.0 Å². The number of hydrogen-bond donors (Lipinski definition) is 0. The molecule has 1 aromatic carbocycles. The van der Waals surface area contributed by atoms with Crippen LogP contribution in [0.25, 0.3) is 60.9 Å². The molecule has 6 heterocycles. The van der Waals surface area contributed by atoms with Crippen LogP contribution in [0, 0.1) is 34.6 Å². The number of aryl methyl sites for hydroxylation is 5. The Morgan fingerprint density at radius 3 is 1.57 bits per heavy atom. The molecule has 0 radical (unpaired) electrons. The fraction of sp³-hybridized carbons (Fsp3) is 0.172. The fourth-order valence-electron chi connectivity index (χ4n) is 4.98. The van der Waals surface area contributed by atoms with Gasteiger partial charge in [-0.05, 0) is 77.1 Å². The van der Waals surface area contributed by atoms with Gasteiger partial charge in [-0.3, -0.25) is 0 Å². The predicted octanol–water partition coefficient (Wildman–Crippen LogP) is 12.1. The Bertz CT molecular complexity index is 1900. The van der Waals surface area contributed by atoms with Crippen LogP contribution in [0.4, 0.5) is 0 Å². The van der Waals surface area contributed by atoms with Crippen LogP contribution in [0.3, 0.4) is 0 Å². The monoisotopic (exact) mass is 562 g/mol. The molecule has 0 bridgehead atoms. The van der Waals surface area contributed by atoms with Gasteiger partial charge in [-0.25, -0.2) is 0 Å². The van der Waals surface area contributed by atoms with Gasteiger partial charge < -0.3 is 0 Å². The molecule has 0 aliphatic rings. The van der Waals surface area contributed by atoms with E-state index in [9.17, 15) is 0 Å². The van der Waals surface area contributed by atoms with Gasteiger partial charge in [0.2, 0.25) is 0 Å². The molecule has 0 fully saturated rings. The summed E-state index contributed by atoms with van der Waals surface area (Å²) in [6.45, 7) is 11.2. The third-order valence-corrected chi connectivity index (χ3v) is 13.2. The first-order valence-electron chi connectivity index (χ1n) is 11.5. The largest absolute Gasteiger partial charge is 0.141 e. The Morgan fingerprint density at radius 2 is 0.971 bits per heavy atom. The van der Waals surface area contributed by atoms with Crippen molar-refractivity contribution in [3.8, 4) is 30.6 Å². The summed E-state index contributed by atoms with van der Waals surface area (Å²) in [6.07, 6.45) is 0. The first-order chi connectivity index (χ1) is 16.9. The molecule has 6 heteroatoms. The van der Waals surface area contributed by atoms with Crippen molar-refractivity contribution in [1.82, 2.24) is 0 Å². The molecule has 0 spiro atoms. The number of rotatable bonds is 3. The van der Waals surface area contributed by atoms with Gasteiger partial charge in [0.15, 0.2) is 0 Å². The molecule has 0 N–H and O–H groups in total. The highest BCUT2D eigenvalue weighted by Gasteiger charge is 2.24. The van der Waals surface area contributed by atoms with Crippen LogP contribution in [0.1, 0.15) is 24.4 Å². The average molecular weight is 563 g/mol. The Balaban J connectivity index is 1.64. The molecule has 0 saturated carbocycles. The minimum atomic E-state index is 1.37. The van der Waals surface area contributed by atoms with Crippen molar-refractivity contribution in [1.29, 1.82) is 0 Å². The summed E-state index contributed by atoms with van der Waals surface area (Å²) in [5.74, 6) is 0. The maximum atomic E-state index is 2.49. The second-order valence-electron chi connectivity index (χ2n) is 9.11. The lowest BCUT2D eigenvalue weighted by Crippen LogP contribution is -1.83. The Kier molecular flexibility index (Phi) is 5.19. The lowest BCUT2D eigenvalue weighted by Gasteiger charge is -2.11. The zero-order chi connectivity index (χ0) is 24.0. The molecule has 7 rings (SSSR count). The molecule has 0 amide bonds. The molecule has 7 aromatic rings. The van der Waals surface area contributed by atoms with Crippen LogP contribution in [-0.2, 0) is 0 Å². The Labute approximate surface area is 228 Å². The van der Waals surface area contributed by atoms with Crippen molar-refractivity contribution >= 4 is 98.3 Å². The minimum absolute atomic E-state index is 1.37. The number of benzene rings is 1. The summed E-state index contributed by atoms with van der Waals surface area (Å²) in [6, 6.07) is 16.5. The van der Waals surface area contributed by atoms with Gasteiger partial charge in [0, 0.05) is 75.7 Å². The molecule has 174 valence electrons. The van der Waals surface area contributed by atoms with E-state index in [-0.39, 0.29) is 0 Å². The van der Waals surface area contributed by atoms with Gasteiger partial charge in [0.25, 0.3) is 0 Å². The molecular formula is C29H22S6. The normalized spacial score (nSPS) is 12.1. The second kappa shape index (κ2) is 8.10. The van der Waals surface area contributed by atoms with E-state index in [4.69, 9.17) is 0 Å². The average Bonchev–Trinajstić information content (AvgIpc) is 3.61. The highest BCUT2D eigenvalue weighted by Crippen LogP contribution is 2.54. The Hall–Kier alpha value is -1.80. The molecule has 35 heavy (non-hydrogen) atoms. The molecule has 0 aliphatic carbocycles. The molecule has 0 saturated heterocycles. The van der Waals surface area contributed by atoms with Crippen molar-refractivity contribution in [3.05, 3.63) is 66.9 Å². The minimum Gasteiger partial charge on any atom is -0.141 e. The summed E-state index contributed by atoms with van der Waals surface area (Å²) in [5, 5.41) is 4.26. The van der Waals surface area contributed by atoms with Crippen LogP contribution in [0.15, 0.2) is 42.5 Å². The van der Waals surface area contributed by atoms with E-state index in [0.717, 1.165) is 0 Å². The van der Waals surface area contributed by atoms with Crippen molar-refractivity contribution in [2.45, 2.75) is 34.6 Å². The van der Waals surface area contributed by atoms with Crippen molar-refractivity contribution in [2.24, 2.45) is 0 Å². The van der Waals surface area contributed by atoms with Gasteiger partial charge >= 0.3 is 0 Å². The third kappa shape index (κ3) is 3.45. The third-order valence-electron chi connectivity index (χ3n) is 6.47. The lowest BCUT2D eigenvalue weighted by atomic mass is 9.99. The van der Waals surface area contributed by atoms with Gasteiger partial charge in [0.05, 0.1) is 9.58 Å². The van der Waals surface area contributed by atoms with E-state index in [1.54, 1.807) is 0 Å². The highest BCUT2D eigenvalue weighted by atomic mass is 32.1. The van der Waals surface area contributed by atoms with E-state index < -0.39 is 0 Å². The standard InChI is InChI=1S/C29H22S6/c1-13-6-8-21(30-13)24-25(22-9-7-14(2)31-22)27-20(19-11-16(4)32-26(19)24)12-23(35-27)29-28-18(17(5)34-29)10-15(3)33-28/h6-12H,1-5H3. The zero-order valence-corrected chi connectivity index (χ0v) is 24.9. The quantitative estimate of drug-likeness (QED) is 0.201. The number of thiophene rings is 6. The van der Waals surface area contributed by atoms with E-state index in [2.05, 4.69) is 77.1 Å². The van der Waals surface area contributed by atoms with E-state index in [1.165, 1.54) is 85.3 Å². The number of fused-ring (bicyclic) bond motifs is 4. The van der Waals surface area contributed by atoms with Gasteiger partial charge in [-0.1, -0.05) is 0 Å². The topological polar surface area (TPSA) is 0 Å². The van der Waals surface area contributed by atoms with Crippen molar-refractivity contribution in [2.75, 3.05) is 0 Å². The summed E-state index contributed by atoms with van der Waals surface area (Å²) in [7, 11) is 0. The van der Waals surface area contributed by atoms with E-state index in [0.29, 0.717) is 0 Å². The molecular weight excluding hydrogens is 541 g/mol. The molecule has 0 nitrogen and oxygen atoms in total. The van der Waals surface area contributed by atoms with Crippen LogP contribution in [0.5, 0.6) is 0 Å². The van der Waals surface area contributed by atoms with Gasteiger partial charge in [0.1, 0.15) is 0 Å². The highest BCUT2D eigenvalue weighted by molar-refractivity contribution is 7.31. The van der Waals surface area contributed by atoms with E-state index >= 15 is 0 Å². The summed E-state index contributed by atoms with van der Waals surface area (Å²) >= 11 is 11.7. The number of hydrogen-bond acceptors (Lipinski definition) is 6. The molecule has 0 aliphatic heterocycles. The first-order valence-corrected chi connectivity index (χ1v) is 16.4. The lowest BCUT2D eigenvalue weighted by molar-refractivity contribution is 1.63. The van der Waals surface area contributed by atoms with Crippen molar-refractivity contribution in [3.63, 3.8) is 0 Å². The van der Waals surface area contributed by atoms with Crippen molar-refractivity contribution < 1.29 is 0 Å². The first kappa shape index (κ1) is 22.4. The molecule has 0 atom stereocenters. The second-order valence-corrected chi connectivity index (χ2v) is 16.5. The van der Waals surface area contributed by atoms with Crippen LogP contribution in [-0.4, -0.2) is 0 Å². The summed E-state index contributed by atoms with van der Waals surface area (Å²) < 4.78 is 4.32. The predicted molar refractivity (Wildman–Crippen MR) is 166 cm³/mol. The zero-order valence-electron chi connectivity index (χ0n) is 20.0.